The molecule has 0 fully saturated rings. The molecule has 0 amide bonds. The van der Waals surface area contributed by atoms with Gasteiger partial charge in [0.15, 0.2) is 0 Å². The van der Waals surface area contributed by atoms with Crippen LogP contribution in [0.3, 0.4) is 0 Å². The topological polar surface area (TPSA) is 0 Å². The normalized spacial score (nSPS) is 16.2. The Labute approximate surface area is 313 Å². The molecule has 2 heteroatoms. The van der Waals surface area contributed by atoms with E-state index >= 15 is 0 Å². The van der Waals surface area contributed by atoms with E-state index in [1.165, 1.54) is 121 Å². The quantitative estimate of drug-likeness (QED) is 0.101. The molecule has 0 N–H and O–H groups in total. The minimum absolute atomic E-state index is 0. The van der Waals surface area contributed by atoms with Crippen molar-refractivity contribution in [3.63, 3.8) is 0 Å². The molecule has 2 aliphatic carbocycles. The fourth-order valence-corrected chi connectivity index (χ4v) is 10.1. The van der Waals surface area contributed by atoms with Crippen molar-refractivity contribution < 1.29 is 26.2 Å². The van der Waals surface area contributed by atoms with Crippen molar-refractivity contribution in [1.82, 2.24) is 0 Å². The predicted molar refractivity (Wildman–Crippen MR) is 209 cm³/mol. The van der Waals surface area contributed by atoms with E-state index in [1.54, 1.807) is 22.3 Å². The van der Waals surface area contributed by atoms with E-state index in [2.05, 4.69) is 125 Å². The van der Waals surface area contributed by atoms with Crippen molar-refractivity contribution in [1.29, 1.82) is 0 Å². The Kier molecular flexibility index (Phi) is 13.7. The van der Waals surface area contributed by atoms with Crippen LogP contribution in [0.5, 0.6) is 0 Å². The molecule has 4 aromatic rings. The maximum absolute atomic E-state index is 2.58. The maximum atomic E-state index is 2.58. The van der Waals surface area contributed by atoms with Gasteiger partial charge in [-0.05, 0) is 94.2 Å². The van der Waals surface area contributed by atoms with Crippen LogP contribution in [0.15, 0.2) is 96.1 Å². The fourth-order valence-electron chi connectivity index (χ4n) is 8.09. The minimum Gasteiger partial charge on any atom is -0.0654 e. The third-order valence-corrected chi connectivity index (χ3v) is 12.2. The zero-order chi connectivity index (χ0) is 32.6. The van der Waals surface area contributed by atoms with Gasteiger partial charge in [0.05, 0.1) is 0 Å². The molecule has 0 bridgehead atoms. The average Bonchev–Trinajstić information content (AvgIpc) is 3.64. The summed E-state index contributed by atoms with van der Waals surface area (Å²) in [6.45, 7) is 9.24. The van der Waals surface area contributed by atoms with Gasteiger partial charge in [-0.3, -0.25) is 0 Å². The summed E-state index contributed by atoms with van der Waals surface area (Å²) >= 11 is 0. The molecule has 0 saturated heterocycles. The molecule has 0 aliphatic heterocycles. The van der Waals surface area contributed by atoms with E-state index in [-0.39, 0.29) is 26.2 Å². The number of unbranched alkanes of at least 4 members (excludes halogenated alkanes) is 2. The zero-order valence-electron chi connectivity index (χ0n) is 30.0. The summed E-state index contributed by atoms with van der Waals surface area (Å²) in [5.41, 5.74) is 18.0. The molecule has 247 valence electrons. The Morgan fingerprint density at radius 2 is 0.896 bits per heavy atom. The van der Waals surface area contributed by atoms with Crippen LogP contribution in [0.4, 0.5) is 0 Å². The second-order valence-electron chi connectivity index (χ2n) is 14.0. The van der Waals surface area contributed by atoms with Gasteiger partial charge in [-0.15, -0.1) is 0 Å². The van der Waals surface area contributed by atoms with Crippen LogP contribution < -0.4 is 0 Å². The predicted octanol–water partition coefficient (Wildman–Crippen LogP) is 13.2. The summed E-state index contributed by atoms with van der Waals surface area (Å²) in [5, 5.41) is 0. The van der Waals surface area contributed by atoms with E-state index in [0.717, 1.165) is 0 Å². The first-order valence-electron chi connectivity index (χ1n) is 18.8. The minimum atomic E-state index is 0. The molecule has 0 aromatic heterocycles. The molecule has 2 atom stereocenters. The zero-order valence-corrected chi connectivity index (χ0v) is 33.6. The molecule has 48 heavy (non-hydrogen) atoms. The van der Waals surface area contributed by atoms with Crippen LogP contribution >= 0.6 is 0 Å². The SMILES string of the molecule is CCCCc1ccc(-c2cccc3c2C=C(CCC)C3C[SiH]CC2C(CCC)=Cc3c(-c4ccc(CCCC)cc4)cccc32)cc1.[Zr]. The second kappa shape index (κ2) is 17.9. The Morgan fingerprint density at radius 3 is 1.27 bits per heavy atom. The number of rotatable bonds is 16. The van der Waals surface area contributed by atoms with Crippen molar-refractivity contribution in [3.8, 4) is 22.3 Å². The monoisotopic (exact) mass is 725 g/mol. The number of hydrogen-bond acceptors (Lipinski definition) is 0. The third-order valence-electron chi connectivity index (χ3n) is 10.6. The second-order valence-corrected chi connectivity index (χ2v) is 15.5. The van der Waals surface area contributed by atoms with Crippen LogP contribution in [0.2, 0.25) is 12.1 Å². The van der Waals surface area contributed by atoms with Gasteiger partial charge < -0.3 is 0 Å². The molecular weight excluding hydrogens is 672 g/mol. The van der Waals surface area contributed by atoms with Gasteiger partial charge in [0.2, 0.25) is 0 Å². The molecule has 0 spiro atoms. The summed E-state index contributed by atoms with van der Waals surface area (Å²) in [6.07, 6.45) is 17.4. The van der Waals surface area contributed by atoms with Crippen LogP contribution in [0.1, 0.15) is 124 Å². The largest absolute Gasteiger partial charge is 0.0654 e. The number of fused-ring (bicyclic) bond motifs is 2. The van der Waals surface area contributed by atoms with E-state index in [1.807, 2.05) is 0 Å². The summed E-state index contributed by atoms with van der Waals surface area (Å²) in [7, 11) is 0.331. The standard InChI is InChI=1S/C46H55Si.Zr/c1-5-9-15-33-21-25-35(26-22-33)39-17-11-19-41-43(39)29-37(13-7-3)45(41)31-47-32-46-38(14-8-4)30-44-40(18-12-20-42(44)46)36-27-23-34(24-28-36)16-10-6-2;/h11-12,17-30,45-47H,5-10,13-16,31-32H2,1-4H3;. The van der Waals surface area contributed by atoms with Crippen molar-refractivity contribution in [2.24, 2.45) is 0 Å². The fraction of sp³-hybridized carbons (Fsp3) is 0.391. The van der Waals surface area contributed by atoms with Crippen molar-refractivity contribution >= 4 is 21.7 Å². The number of benzene rings is 4. The molecule has 1 radical (unpaired) electrons. The smallest absolute Gasteiger partial charge is 0.0299 e. The van der Waals surface area contributed by atoms with Crippen molar-refractivity contribution in [2.75, 3.05) is 0 Å². The molecule has 0 saturated carbocycles. The molecule has 2 aliphatic rings. The summed E-state index contributed by atoms with van der Waals surface area (Å²) in [4.78, 5) is 0. The van der Waals surface area contributed by atoms with E-state index in [4.69, 9.17) is 0 Å². The van der Waals surface area contributed by atoms with E-state index < -0.39 is 0 Å². The Bertz CT molecular complexity index is 1560. The Hall–Kier alpha value is -2.54. The van der Waals surface area contributed by atoms with Gasteiger partial charge in [0.25, 0.3) is 0 Å². The molecule has 6 rings (SSSR count). The molecular formula is C46H55SiZr. The van der Waals surface area contributed by atoms with Crippen molar-refractivity contribution in [2.45, 2.75) is 116 Å². The third kappa shape index (κ3) is 8.25. The van der Waals surface area contributed by atoms with E-state index in [0.29, 0.717) is 21.4 Å². The van der Waals surface area contributed by atoms with Crippen LogP contribution in [-0.4, -0.2) is 9.52 Å². The molecule has 2 unspecified atom stereocenters. The first-order chi connectivity index (χ1) is 23.1. The van der Waals surface area contributed by atoms with Crippen molar-refractivity contribution in [3.05, 3.63) is 129 Å². The molecule has 4 aromatic carbocycles. The Balaban J connectivity index is 0.00000451. The van der Waals surface area contributed by atoms with E-state index in [9.17, 15) is 0 Å². The van der Waals surface area contributed by atoms with Crippen LogP contribution in [-0.2, 0) is 39.0 Å². The molecule has 0 heterocycles. The van der Waals surface area contributed by atoms with Crippen LogP contribution in [0, 0.1) is 0 Å². The summed E-state index contributed by atoms with van der Waals surface area (Å²) < 4.78 is 0. The van der Waals surface area contributed by atoms with Gasteiger partial charge in [-0.25, -0.2) is 0 Å². The average molecular weight is 727 g/mol. The summed E-state index contributed by atoms with van der Waals surface area (Å²) in [6, 6.07) is 35.7. The van der Waals surface area contributed by atoms with Gasteiger partial charge >= 0.3 is 0 Å². The first kappa shape index (κ1) is 36.7. The maximum Gasteiger partial charge on any atom is 0.0299 e. The number of allylic oxidation sites excluding steroid dienone is 2. The van der Waals surface area contributed by atoms with Gasteiger partial charge in [0, 0.05) is 47.6 Å². The van der Waals surface area contributed by atoms with Gasteiger partial charge in [-0.1, -0.05) is 174 Å². The van der Waals surface area contributed by atoms with Gasteiger partial charge in [-0.2, -0.15) is 0 Å². The number of aryl methyl sites for hydroxylation is 2. The Morgan fingerprint density at radius 1 is 0.479 bits per heavy atom. The summed E-state index contributed by atoms with van der Waals surface area (Å²) in [5.74, 6) is 1.17. The molecule has 0 nitrogen and oxygen atoms in total. The van der Waals surface area contributed by atoms with Gasteiger partial charge in [0.1, 0.15) is 0 Å². The van der Waals surface area contributed by atoms with Crippen LogP contribution in [0.25, 0.3) is 34.4 Å². The first-order valence-corrected chi connectivity index (χ1v) is 20.4. The number of hydrogen-bond donors (Lipinski definition) is 0.